The molecule has 3 atom stereocenters. The maximum Gasteiger partial charge on any atom is 0.0940 e. The summed E-state index contributed by atoms with van der Waals surface area (Å²) in [5.41, 5.74) is 3.52. The van der Waals surface area contributed by atoms with Gasteiger partial charge in [-0.05, 0) is 39.7 Å². The van der Waals surface area contributed by atoms with Gasteiger partial charge in [-0.15, -0.1) is 0 Å². The lowest BCUT2D eigenvalue weighted by atomic mass is 9.98. The Morgan fingerprint density at radius 1 is 0.759 bits per heavy atom. The van der Waals surface area contributed by atoms with E-state index in [0.717, 1.165) is 11.8 Å². The molecule has 0 aliphatic heterocycles. The summed E-state index contributed by atoms with van der Waals surface area (Å²) in [7, 11) is 0.621. The molecular formula is C26H26NOP. The highest BCUT2D eigenvalue weighted by Gasteiger charge is 2.15. The summed E-state index contributed by atoms with van der Waals surface area (Å²) < 4.78 is 0. The van der Waals surface area contributed by atoms with Crippen molar-refractivity contribution in [3.05, 3.63) is 103 Å². The summed E-state index contributed by atoms with van der Waals surface area (Å²) in [5, 5.41) is 18.0. The molecule has 0 bridgehead atoms. The minimum atomic E-state index is -0.505. The Balaban J connectivity index is 1.49. The van der Waals surface area contributed by atoms with Gasteiger partial charge in [-0.2, -0.15) is 0 Å². The van der Waals surface area contributed by atoms with E-state index in [-0.39, 0.29) is 6.04 Å². The van der Waals surface area contributed by atoms with E-state index in [4.69, 9.17) is 0 Å². The first-order valence-corrected chi connectivity index (χ1v) is 11.2. The molecule has 0 aliphatic rings. The van der Waals surface area contributed by atoms with Crippen LogP contribution >= 0.6 is 8.58 Å². The molecule has 0 heterocycles. The molecule has 29 heavy (non-hydrogen) atoms. The highest BCUT2D eigenvalue weighted by molar-refractivity contribution is 7.47. The second kappa shape index (κ2) is 9.33. The van der Waals surface area contributed by atoms with Crippen molar-refractivity contribution < 1.29 is 5.11 Å². The van der Waals surface area contributed by atoms with Crippen molar-refractivity contribution in [3.63, 3.8) is 0 Å². The molecule has 2 nitrogen and oxygen atoms in total. The molecule has 0 aromatic heterocycles. The van der Waals surface area contributed by atoms with Crippen LogP contribution in [0, 0.1) is 0 Å². The number of aliphatic hydroxyl groups excluding tert-OH is 1. The molecule has 0 saturated heterocycles. The third kappa shape index (κ3) is 4.57. The Kier molecular flexibility index (Phi) is 6.36. The van der Waals surface area contributed by atoms with Crippen LogP contribution in [-0.4, -0.2) is 17.4 Å². The van der Waals surface area contributed by atoms with Crippen LogP contribution in [0.4, 0.5) is 0 Å². The Morgan fingerprint density at radius 2 is 1.41 bits per heavy atom. The number of rotatable bonds is 7. The minimum absolute atomic E-state index is 0.00498. The largest absolute Gasteiger partial charge is 0.387 e. The summed E-state index contributed by atoms with van der Waals surface area (Å²) in [4.78, 5) is 0. The molecule has 4 rings (SSSR count). The van der Waals surface area contributed by atoms with Crippen LogP contribution in [0.1, 0.15) is 18.6 Å². The van der Waals surface area contributed by atoms with E-state index in [1.54, 1.807) is 0 Å². The zero-order valence-corrected chi connectivity index (χ0v) is 17.5. The van der Waals surface area contributed by atoms with Crippen molar-refractivity contribution in [2.75, 3.05) is 6.29 Å². The van der Waals surface area contributed by atoms with Gasteiger partial charge in [-0.25, -0.2) is 0 Å². The Bertz CT molecular complexity index is 1070. The maximum absolute atomic E-state index is 10.6. The van der Waals surface area contributed by atoms with Gasteiger partial charge in [-0.1, -0.05) is 106 Å². The van der Waals surface area contributed by atoms with Gasteiger partial charge in [-0.3, -0.25) is 0 Å². The topological polar surface area (TPSA) is 32.3 Å². The third-order valence-electron chi connectivity index (χ3n) is 5.32. The summed E-state index contributed by atoms with van der Waals surface area (Å²) in [6.07, 6.45) is 0.335. The van der Waals surface area contributed by atoms with Crippen LogP contribution in [0.3, 0.4) is 0 Å². The van der Waals surface area contributed by atoms with Crippen molar-refractivity contribution in [1.82, 2.24) is 5.32 Å². The van der Waals surface area contributed by atoms with Crippen LogP contribution in [0.2, 0.25) is 0 Å². The van der Waals surface area contributed by atoms with Crippen LogP contribution in [-0.2, 0) is 0 Å². The van der Waals surface area contributed by atoms with Gasteiger partial charge < -0.3 is 10.4 Å². The average Bonchev–Trinajstić information content (AvgIpc) is 2.79. The van der Waals surface area contributed by atoms with Crippen LogP contribution < -0.4 is 10.6 Å². The Morgan fingerprint density at radius 3 is 2.28 bits per heavy atom. The molecule has 146 valence electrons. The van der Waals surface area contributed by atoms with Gasteiger partial charge in [0.2, 0.25) is 0 Å². The lowest BCUT2D eigenvalue weighted by molar-refractivity contribution is 0.139. The SMILES string of the molecule is C[C@H](NCPc1ccccc1-c1cccc2ccccc12)C(O)c1ccccc1. The highest BCUT2D eigenvalue weighted by atomic mass is 31.1. The molecule has 4 aromatic rings. The van der Waals surface area contributed by atoms with Crippen molar-refractivity contribution in [2.45, 2.75) is 19.1 Å². The minimum Gasteiger partial charge on any atom is -0.387 e. The first-order valence-electron chi connectivity index (χ1n) is 10.0. The standard InChI is InChI=1S/C26H26NOP/c1-19(26(28)21-11-3-2-4-12-21)27-18-29-25-17-8-7-15-24(25)23-16-9-13-20-10-5-6-14-22(20)23/h2-17,19,26-29H,18H2,1H3/t19-,26?/m0/s1. The van der Waals surface area contributed by atoms with Gasteiger partial charge in [0.25, 0.3) is 0 Å². The van der Waals surface area contributed by atoms with Crippen LogP contribution in [0.25, 0.3) is 21.9 Å². The highest BCUT2D eigenvalue weighted by Crippen LogP contribution is 2.30. The number of benzene rings is 4. The first-order chi connectivity index (χ1) is 14.2. The number of fused-ring (bicyclic) bond motifs is 1. The molecule has 2 unspecified atom stereocenters. The van der Waals surface area contributed by atoms with Crippen LogP contribution in [0.5, 0.6) is 0 Å². The number of aliphatic hydroxyl groups is 1. The van der Waals surface area contributed by atoms with Crippen molar-refractivity contribution >= 4 is 24.7 Å². The predicted octanol–water partition coefficient (Wildman–Crippen LogP) is 5.48. The van der Waals surface area contributed by atoms with Gasteiger partial charge >= 0.3 is 0 Å². The van der Waals surface area contributed by atoms with E-state index in [1.807, 2.05) is 37.3 Å². The summed E-state index contributed by atoms with van der Waals surface area (Å²) in [6, 6.07) is 33.6. The van der Waals surface area contributed by atoms with Gasteiger partial charge in [0, 0.05) is 12.3 Å². The van der Waals surface area contributed by atoms with Crippen molar-refractivity contribution in [1.29, 1.82) is 0 Å². The van der Waals surface area contributed by atoms with Crippen molar-refractivity contribution in [3.8, 4) is 11.1 Å². The van der Waals surface area contributed by atoms with E-state index in [1.165, 1.54) is 27.2 Å². The number of hydrogen-bond acceptors (Lipinski definition) is 2. The fourth-order valence-electron chi connectivity index (χ4n) is 3.69. The summed E-state index contributed by atoms with van der Waals surface area (Å²) in [5.74, 6) is 0. The second-order valence-electron chi connectivity index (χ2n) is 7.27. The van der Waals surface area contributed by atoms with Crippen molar-refractivity contribution in [2.24, 2.45) is 0 Å². The fourth-order valence-corrected chi connectivity index (χ4v) is 4.93. The summed E-state index contributed by atoms with van der Waals surface area (Å²) >= 11 is 0. The molecular weight excluding hydrogens is 373 g/mol. The van der Waals surface area contributed by atoms with E-state index in [2.05, 4.69) is 72.0 Å². The zero-order chi connectivity index (χ0) is 20.1. The number of hydrogen-bond donors (Lipinski definition) is 2. The molecule has 0 saturated carbocycles. The van der Waals surface area contributed by atoms with E-state index in [0.29, 0.717) is 8.58 Å². The smallest absolute Gasteiger partial charge is 0.0940 e. The molecule has 3 heteroatoms. The van der Waals surface area contributed by atoms with E-state index in [9.17, 15) is 5.11 Å². The third-order valence-corrected chi connectivity index (χ3v) is 6.52. The quantitative estimate of drug-likeness (QED) is 0.403. The normalized spacial score (nSPS) is 13.7. The second-order valence-corrected chi connectivity index (χ2v) is 8.52. The molecule has 2 N–H and O–H groups in total. The fraction of sp³-hybridized carbons (Fsp3) is 0.154. The molecule has 0 amide bonds. The molecule has 4 aromatic carbocycles. The van der Waals surface area contributed by atoms with Crippen LogP contribution in [0.15, 0.2) is 97.1 Å². The molecule has 0 fully saturated rings. The molecule has 0 spiro atoms. The lowest BCUT2D eigenvalue weighted by Gasteiger charge is -2.21. The Labute approximate surface area is 174 Å². The average molecular weight is 399 g/mol. The van der Waals surface area contributed by atoms with E-state index < -0.39 is 6.10 Å². The van der Waals surface area contributed by atoms with E-state index >= 15 is 0 Å². The van der Waals surface area contributed by atoms with Gasteiger partial charge in [0.05, 0.1) is 6.10 Å². The zero-order valence-electron chi connectivity index (χ0n) is 16.5. The first kappa shape index (κ1) is 19.8. The molecule has 0 radical (unpaired) electrons. The Hall–Kier alpha value is -2.51. The monoisotopic (exact) mass is 399 g/mol. The predicted molar refractivity (Wildman–Crippen MR) is 126 cm³/mol. The number of nitrogens with one attached hydrogen (secondary N) is 1. The van der Waals surface area contributed by atoms with Gasteiger partial charge in [0.1, 0.15) is 0 Å². The summed E-state index contributed by atoms with van der Waals surface area (Å²) in [6.45, 7) is 2.04. The molecule has 0 aliphatic carbocycles. The maximum atomic E-state index is 10.6. The van der Waals surface area contributed by atoms with Gasteiger partial charge in [0.15, 0.2) is 0 Å². The lowest BCUT2D eigenvalue weighted by Crippen LogP contribution is -2.32.